The number of methoxy groups -OCH3 is 1. The average Bonchev–Trinajstić information content (AvgIpc) is 3.34. The number of nitrogens with one attached hydrogen (secondary N) is 4. The molecule has 42 heavy (non-hydrogen) atoms. The van der Waals surface area contributed by atoms with Crippen molar-refractivity contribution in [2.75, 3.05) is 25.5 Å². The van der Waals surface area contributed by atoms with Crippen molar-refractivity contribution >= 4 is 35.0 Å². The molecule has 222 valence electrons. The molecule has 10 nitrogen and oxygen atoms in total. The molecule has 0 atom stereocenters. The Morgan fingerprint density at radius 2 is 1.74 bits per heavy atom. The fourth-order valence-electron chi connectivity index (χ4n) is 5.24. The van der Waals surface area contributed by atoms with Crippen molar-refractivity contribution in [2.24, 2.45) is 13.0 Å². The molecule has 5 rings (SSSR count). The van der Waals surface area contributed by atoms with Crippen molar-refractivity contribution in [3.63, 3.8) is 0 Å². The largest absolute Gasteiger partial charge is 0.494 e. The molecule has 2 aromatic carbocycles. The number of hydrogen-bond donors (Lipinski definition) is 4. The van der Waals surface area contributed by atoms with E-state index in [0.717, 1.165) is 25.9 Å². The molecular formula is C29H31ClF2N6O4. The van der Waals surface area contributed by atoms with Crippen molar-refractivity contribution in [1.29, 1.82) is 0 Å². The lowest BCUT2D eigenvalue weighted by Crippen LogP contribution is -2.55. The molecule has 3 amide bonds. The number of imidazole rings is 1. The van der Waals surface area contributed by atoms with Crippen LogP contribution in [0.4, 0.5) is 14.5 Å². The number of aromatic nitrogens is 2. The van der Waals surface area contributed by atoms with Crippen LogP contribution in [0.1, 0.15) is 46.7 Å². The number of nitrogens with zero attached hydrogens (tertiary/aromatic N) is 2. The molecular weight excluding hydrogens is 570 g/mol. The Labute approximate surface area is 246 Å². The molecule has 0 bridgehead atoms. The second kappa shape index (κ2) is 12.5. The molecule has 3 aromatic rings. The second-order valence-electron chi connectivity index (χ2n) is 10.5. The van der Waals surface area contributed by atoms with Crippen LogP contribution in [0.2, 0.25) is 5.02 Å². The van der Waals surface area contributed by atoms with Gasteiger partial charge in [-0.25, -0.2) is 9.37 Å². The minimum atomic E-state index is -1.14. The van der Waals surface area contributed by atoms with E-state index in [1.54, 1.807) is 0 Å². The summed E-state index contributed by atoms with van der Waals surface area (Å²) < 4.78 is 35.0. The lowest BCUT2D eigenvalue weighted by atomic mass is 9.85. The topological polar surface area (TPSA) is 126 Å². The minimum Gasteiger partial charge on any atom is -0.494 e. The van der Waals surface area contributed by atoms with Crippen molar-refractivity contribution in [3.05, 3.63) is 64.6 Å². The zero-order valence-electron chi connectivity index (χ0n) is 23.1. The summed E-state index contributed by atoms with van der Waals surface area (Å²) in [7, 11) is 2.74. The van der Waals surface area contributed by atoms with E-state index in [4.69, 9.17) is 16.3 Å². The van der Waals surface area contributed by atoms with Crippen LogP contribution in [-0.4, -0.2) is 59.6 Å². The number of carbonyl (C=O) groups excluding carboxylic acids is 3. The van der Waals surface area contributed by atoms with Crippen LogP contribution in [0.5, 0.6) is 5.75 Å². The van der Waals surface area contributed by atoms with Gasteiger partial charge in [0.25, 0.3) is 11.8 Å². The summed E-state index contributed by atoms with van der Waals surface area (Å²) in [6.07, 6.45) is 4.23. The van der Waals surface area contributed by atoms with Gasteiger partial charge in [0, 0.05) is 36.3 Å². The van der Waals surface area contributed by atoms with Gasteiger partial charge < -0.3 is 30.6 Å². The lowest BCUT2D eigenvalue weighted by molar-refractivity contribution is -0.127. The summed E-state index contributed by atoms with van der Waals surface area (Å²) in [6, 6.07) is 7.07. The standard InChI is InChI=1S/C29H31ClF2N6O4/c1-38-22(20-5-6-23(42-2)25(32)24(20)31)14-34-26(38)29(41)35-16-3-4-19(21(30)13-16)28(40)37-18-11-17(12-18)36-27(39)15-7-9-33-10-8-15/h3-6,13-15,17-18,33H,7-12H2,1-2H3,(H,35,41)(H,36,39)(H,37,40)/t17-,18+. The number of carbonyl (C=O) groups is 3. The fraction of sp³-hybridized carbons (Fsp3) is 0.379. The smallest absolute Gasteiger partial charge is 0.291 e. The highest BCUT2D eigenvalue weighted by Gasteiger charge is 2.33. The maximum Gasteiger partial charge on any atom is 0.291 e. The van der Waals surface area contributed by atoms with Crippen LogP contribution in [0, 0.1) is 17.6 Å². The Balaban J connectivity index is 1.16. The molecule has 4 N–H and O–H groups in total. The fourth-order valence-corrected chi connectivity index (χ4v) is 5.51. The Hall–Kier alpha value is -4.03. The zero-order chi connectivity index (χ0) is 30.0. The van der Waals surface area contributed by atoms with E-state index in [1.165, 1.54) is 55.3 Å². The SMILES string of the molecule is COc1ccc(-c2cnc(C(=O)Nc3ccc(C(=O)N[C@H]4C[C@@H](NC(=O)C5CCNCC5)C4)c(Cl)c3)n2C)c(F)c1F. The van der Waals surface area contributed by atoms with Crippen molar-refractivity contribution < 1.29 is 27.9 Å². The molecule has 13 heteroatoms. The van der Waals surface area contributed by atoms with Gasteiger partial charge >= 0.3 is 0 Å². The number of rotatable bonds is 8. The van der Waals surface area contributed by atoms with Gasteiger partial charge in [-0.2, -0.15) is 4.39 Å². The lowest BCUT2D eigenvalue weighted by Gasteiger charge is -2.37. The van der Waals surface area contributed by atoms with Gasteiger partial charge in [0.15, 0.2) is 17.4 Å². The molecule has 1 saturated heterocycles. The third-order valence-corrected chi connectivity index (χ3v) is 8.05. The maximum atomic E-state index is 14.6. The van der Waals surface area contributed by atoms with Crippen molar-refractivity contribution in [3.8, 4) is 17.0 Å². The second-order valence-corrected chi connectivity index (χ2v) is 10.9. The van der Waals surface area contributed by atoms with E-state index < -0.39 is 17.5 Å². The summed E-state index contributed by atoms with van der Waals surface area (Å²) >= 11 is 6.37. The van der Waals surface area contributed by atoms with Crippen LogP contribution >= 0.6 is 11.6 Å². The first-order valence-corrected chi connectivity index (χ1v) is 14.0. The molecule has 0 radical (unpaired) electrons. The van der Waals surface area contributed by atoms with E-state index in [9.17, 15) is 23.2 Å². The molecule has 1 aliphatic carbocycles. The summed E-state index contributed by atoms with van der Waals surface area (Å²) in [5.41, 5.74) is 0.668. The van der Waals surface area contributed by atoms with Gasteiger partial charge in [0.05, 0.1) is 29.6 Å². The van der Waals surface area contributed by atoms with E-state index >= 15 is 0 Å². The van der Waals surface area contributed by atoms with E-state index in [2.05, 4.69) is 26.3 Å². The van der Waals surface area contributed by atoms with Gasteiger partial charge in [-0.15, -0.1) is 0 Å². The highest BCUT2D eigenvalue weighted by atomic mass is 35.5. The normalized spacial score (nSPS) is 18.6. The number of halogens is 3. The van der Waals surface area contributed by atoms with Crippen molar-refractivity contribution in [1.82, 2.24) is 25.5 Å². The van der Waals surface area contributed by atoms with Gasteiger partial charge in [-0.05, 0) is 69.1 Å². The molecule has 0 unspecified atom stereocenters. The van der Waals surface area contributed by atoms with Crippen LogP contribution in [0.3, 0.4) is 0 Å². The predicted molar refractivity (Wildman–Crippen MR) is 153 cm³/mol. The molecule has 1 saturated carbocycles. The third-order valence-electron chi connectivity index (χ3n) is 7.74. The Bertz CT molecular complexity index is 1520. The monoisotopic (exact) mass is 600 g/mol. The zero-order valence-corrected chi connectivity index (χ0v) is 23.9. The average molecular weight is 601 g/mol. The summed E-state index contributed by atoms with van der Waals surface area (Å²) in [6.45, 7) is 1.70. The molecule has 2 heterocycles. The highest BCUT2D eigenvalue weighted by Crippen LogP contribution is 2.30. The molecule has 1 aliphatic heterocycles. The van der Waals surface area contributed by atoms with Crippen LogP contribution in [0.25, 0.3) is 11.3 Å². The van der Waals surface area contributed by atoms with Crippen LogP contribution in [0.15, 0.2) is 36.5 Å². The Morgan fingerprint density at radius 1 is 1.02 bits per heavy atom. The third kappa shape index (κ3) is 6.09. The van der Waals surface area contributed by atoms with E-state index in [1.807, 2.05) is 0 Å². The van der Waals surface area contributed by atoms with Crippen LogP contribution in [-0.2, 0) is 11.8 Å². The Kier molecular flexibility index (Phi) is 8.74. The first-order chi connectivity index (χ1) is 20.2. The van der Waals surface area contributed by atoms with Gasteiger partial charge in [0.1, 0.15) is 0 Å². The number of benzene rings is 2. The van der Waals surface area contributed by atoms with Crippen LogP contribution < -0.4 is 26.0 Å². The first kappa shape index (κ1) is 29.5. The minimum absolute atomic E-state index is 0.0395. The summed E-state index contributed by atoms with van der Waals surface area (Å²) in [4.78, 5) is 42.2. The van der Waals surface area contributed by atoms with Gasteiger partial charge in [-0.3, -0.25) is 14.4 Å². The Morgan fingerprint density at radius 3 is 2.43 bits per heavy atom. The molecule has 0 spiro atoms. The molecule has 2 aliphatic rings. The van der Waals surface area contributed by atoms with Gasteiger partial charge in [-0.1, -0.05) is 11.6 Å². The quantitative estimate of drug-likeness (QED) is 0.313. The predicted octanol–water partition coefficient (Wildman–Crippen LogP) is 3.66. The number of hydrogen-bond acceptors (Lipinski definition) is 6. The number of ether oxygens (including phenoxy) is 1. The number of amides is 3. The maximum absolute atomic E-state index is 14.6. The summed E-state index contributed by atoms with van der Waals surface area (Å²) in [5, 5.41) is 12.0. The highest BCUT2D eigenvalue weighted by molar-refractivity contribution is 6.34. The van der Waals surface area contributed by atoms with E-state index in [-0.39, 0.29) is 63.2 Å². The van der Waals surface area contributed by atoms with Crippen molar-refractivity contribution in [2.45, 2.75) is 37.8 Å². The van der Waals surface area contributed by atoms with Gasteiger partial charge in [0.2, 0.25) is 11.7 Å². The molecule has 1 aromatic heterocycles. The first-order valence-electron chi connectivity index (χ1n) is 13.6. The van der Waals surface area contributed by atoms with E-state index in [0.29, 0.717) is 18.5 Å². The number of piperidine rings is 1. The molecule has 2 fully saturated rings. The summed E-state index contributed by atoms with van der Waals surface area (Å²) in [5.74, 6) is -3.40. The number of anilines is 1.